The van der Waals surface area contributed by atoms with Crippen molar-refractivity contribution in [2.75, 3.05) is 188 Å². The monoisotopic (exact) mass is 1790 g/mol. The van der Waals surface area contributed by atoms with Crippen molar-refractivity contribution < 1.29 is 33.0 Å². The summed E-state index contributed by atoms with van der Waals surface area (Å²) in [5.74, 6) is 1.96. The molecule has 672 valence electrons. The van der Waals surface area contributed by atoms with Gasteiger partial charge in [-0.25, -0.2) is 24.1 Å². The maximum Gasteiger partial charge on any atom is 0.318 e. The second-order valence-electron chi connectivity index (χ2n) is 34.1. The Morgan fingerprint density at radius 3 is 1.22 bits per heavy atom. The summed E-state index contributed by atoms with van der Waals surface area (Å²) in [6, 6.07) is 35.7. The summed E-state index contributed by atoms with van der Waals surface area (Å²) in [7, 11) is 6.40. The van der Waals surface area contributed by atoms with E-state index in [9.17, 15) is 18.8 Å². The van der Waals surface area contributed by atoms with Crippen molar-refractivity contribution in [2.45, 2.75) is 121 Å². The predicted molar refractivity (Wildman–Crippen MR) is 517 cm³/mol. The Bertz CT molecular complexity index is 5650. The second kappa shape index (κ2) is 43.0. The number of hydrogen-bond donors (Lipinski definition) is 0. The highest BCUT2D eigenvalue weighted by molar-refractivity contribution is 7.59. The van der Waals surface area contributed by atoms with Gasteiger partial charge in [0.25, 0.3) is 0 Å². The molecule has 0 bridgehead atoms. The van der Waals surface area contributed by atoms with Crippen molar-refractivity contribution in [1.29, 1.82) is 0 Å². The summed E-state index contributed by atoms with van der Waals surface area (Å²) in [5, 5.41) is 6.61. The Hall–Kier alpha value is -11.6. The number of aromatic nitrogens is 7. The maximum absolute atomic E-state index is 14.0. The molecule has 0 aliphatic carbocycles. The first kappa shape index (κ1) is 94.1. The molecule has 3 amide bonds. The van der Waals surface area contributed by atoms with Crippen LogP contribution in [0.1, 0.15) is 79.2 Å². The van der Waals surface area contributed by atoms with Crippen LogP contribution in [0.15, 0.2) is 153 Å². The van der Waals surface area contributed by atoms with Crippen LogP contribution in [0.25, 0.3) is 46.9 Å². The van der Waals surface area contributed by atoms with Gasteiger partial charge in [-0.2, -0.15) is 70.4 Å². The van der Waals surface area contributed by atoms with Gasteiger partial charge < -0.3 is 87.5 Å². The lowest BCUT2D eigenvalue weighted by Gasteiger charge is -2.41. The summed E-state index contributed by atoms with van der Waals surface area (Å²) in [5.41, 5.74) is 10.0. The summed E-state index contributed by atoms with van der Waals surface area (Å²) in [6.45, 7) is 50.2. The van der Waals surface area contributed by atoms with Gasteiger partial charge in [-0.15, -0.1) is 0 Å². The largest absolute Gasteiger partial charge is 0.462 e. The van der Waals surface area contributed by atoms with Crippen molar-refractivity contribution in [3.8, 4) is 18.0 Å². The molecule has 3 unspecified atom stereocenters. The number of nitrogens with zero attached hydrogens (tertiary/aromatic N) is 22. The number of halogens is 1. The SMILES string of the molecule is S.S.S.[C-]#[N+]CC1CN(c2nc(OC[C@@H]3CCCN3C)nc3c2CCN(c2cccc4cc(F)ccc24)C3)CCN1C(=O)C=C.[C-]#[N+]CC1CN(c2nc(OC[C@@H]3CCCN3C)nc3c2CCN(c2cccc4ccccc24)C3)CCN1C(=O)C(=C)C.[C-]#[N+]CC1CN(c2nc(OC[C@@H]3CCCN3C)nc3c2CCN(c2cncc4ccccc24)C3)CCN1C(=O)C=C. The molecule has 5 aromatic carbocycles. The molecule has 6 atom stereocenters. The smallest absolute Gasteiger partial charge is 0.318 e. The van der Waals surface area contributed by atoms with Crippen LogP contribution >= 0.6 is 40.5 Å². The fraction of sp³-hybridized carbons (Fsp3) is 0.448. The highest BCUT2D eigenvalue weighted by atomic mass is 32.1. The van der Waals surface area contributed by atoms with Crippen LogP contribution in [0.3, 0.4) is 0 Å². The van der Waals surface area contributed by atoms with Crippen molar-refractivity contribution in [1.82, 2.24) is 64.3 Å². The lowest BCUT2D eigenvalue weighted by atomic mass is 10.0. The number of amides is 3. The van der Waals surface area contributed by atoms with E-state index in [0.29, 0.717) is 140 Å². The van der Waals surface area contributed by atoms with Crippen molar-refractivity contribution >= 4 is 125 Å². The Balaban J connectivity index is 0.000000162. The number of carbonyl (C=O) groups is 3. The fourth-order valence-electron chi connectivity index (χ4n) is 19.4. The van der Waals surface area contributed by atoms with E-state index in [1.165, 1.54) is 52.9 Å². The van der Waals surface area contributed by atoms with Crippen LogP contribution in [0.2, 0.25) is 0 Å². The number of pyridine rings is 1. The zero-order valence-corrected chi connectivity index (χ0v) is 76.7. The fourth-order valence-corrected chi connectivity index (χ4v) is 19.4. The van der Waals surface area contributed by atoms with Gasteiger partial charge in [-0.05, 0) is 159 Å². The Labute approximate surface area is 771 Å². The molecular formula is C96H117FN22O6S3. The number of carbonyl (C=O) groups excluding carboxylic acids is 3. The van der Waals surface area contributed by atoms with E-state index in [1.807, 2.05) is 36.7 Å². The van der Waals surface area contributed by atoms with E-state index in [1.54, 1.807) is 27.7 Å². The predicted octanol–water partition coefficient (Wildman–Crippen LogP) is 11.6. The van der Waals surface area contributed by atoms with E-state index in [0.717, 1.165) is 163 Å². The summed E-state index contributed by atoms with van der Waals surface area (Å²) in [6.07, 6.45) is 15.6. The minimum Gasteiger partial charge on any atom is -0.462 e. The number of likely N-dealkylation sites (tertiary alicyclic amines) is 3. The Morgan fingerprint density at radius 2 is 0.812 bits per heavy atom. The van der Waals surface area contributed by atoms with Gasteiger partial charge in [0.2, 0.25) is 37.4 Å². The second-order valence-corrected chi connectivity index (χ2v) is 34.1. The molecule has 18 rings (SSSR count). The standard InChI is InChI=1S/C33H39N7O2.C32H36FN7O2.C31H36N8O2.3H2S/c1-23(2)32(41)40-18-17-39(20-26(40)19-34-3)31-28-14-16-38(30-13-7-10-24-9-5-6-12-27(24)30)21-29(28)35-33(36-31)42-22-25-11-8-15-37(25)4;1-4-30(41)40-16-15-39(19-25(40)18-34-2)31-27-12-14-38(29-9-5-7-22-17-23(33)10-11-26(22)29)20-28(27)35-32(36-31)42-21-24-8-6-13-37(24)3;1-4-29(40)39-15-14-38(19-24(39)17-32-2)30-26-11-13-37(28-18-33-16-22-8-5-6-10-25(22)28)20-27(26)34-31(35-30)41-21-23-9-7-12-36(23)3;;;/h5-7,9-10,12-13,25-26H,1,8,11,14-22H2,2,4H3;4-5,7,9-11,17,24-25H,1,6,8,12-16,18-21H2,3H3;4-6,8,10,16,18,23-24H,1,7,9,11-15,17,19-21H2,3H3;3*1H2/t25-,26?;24-,25?;23-,24?;;;/m000.../s1. The molecule has 0 spiro atoms. The number of likely N-dealkylation sites (N-methyl/N-ethyl adjacent to an activating group) is 3. The molecule has 0 N–H and O–H groups in total. The van der Waals surface area contributed by atoms with Crippen molar-refractivity contribution in [3.63, 3.8) is 0 Å². The van der Waals surface area contributed by atoms with E-state index in [4.69, 9.17) is 63.8 Å². The van der Waals surface area contributed by atoms with E-state index >= 15 is 0 Å². The third-order valence-corrected chi connectivity index (χ3v) is 26.3. The molecule has 32 heteroatoms. The average Bonchev–Trinajstić information content (AvgIpc) is 0.810. The lowest BCUT2D eigenvalue weighted by molar-refractivity contribution is -0.129. The molecule has 9 aliphatic heterocycles. The average molecular weight is 1790 g/mol. The van der Waals surface area contributed by atoms with Gasteiger partial charge in [-0.3, -0.25) is 19.4 Å². The zero-order chi connectivity index (χ0) is 86.8. The minimum absolute atomic E-state index is 0. The summed E-state index contributed by atoms with van der Waals surface area (Å²) in [4.78, 5) is 109. The topological polar surface area (TPSA) is 221 Å². The minimum atomic E-state index is -0.250. The molecule has 6 saturated heterocycles. The van der Waals surface area contributed by atoms with E-state index in [-0.39, 0.29) is 102 Å². The van der Waals surface area contributed by atoms with Crippen molar-refractivity contribution in [2.24, 2.45) is 0 Å². The molecular weight excluding hydrogens is 1670 g/mol. The Kier molecular flexibility index (Phi) is 31.6. The molecule has 4 aromatic heterocycles. The number of fused-ring (bicyclic) bond motifs is 6. The number of rotatable bonds is 21. The number of hydrogen-bond acceptors (Lipinski definition) is 22. The normalized spacial score (nSPS) is 20.4. The summed E-state index contributed by atoms with van der Waals surface area (Å²) >= 11 is 0. The third kappa shape index (κ3) is 20.9. The van der Waals surface area contributed by atoms with E-state index in [2.05, 4.69) is 171 Å². The summed E-state index contributed by atoms with van der Waals surface area (Å²) < 4.78 is 32.8. The molecule has 0 radical (unpaired) electrons. The lowest BCUT2D eigenvalue weighted by Crippen LogP contribution is -2.57. The van der Waals surface area contributed by atoms with Crippen LogP contribution in [-0.2, 0) is 53.3 Å². The maximum atomic E-state index is 14.0. The van der Waals surface area contributed by atoms with Gasteiger partial charge in [0.05, 0.1) is 48.6 Å². The first-order valence-corrected chi connectivity index (χ1v) is 43.9. The van der Waals surface area contributed by atoms with Gasteiger partial charge >= 0.3 is 18.0 Å². The Morgan fingerprint density at radius 1 is 0.438 bits per heavy atom. The number of piperazine rings is 3. The zero-order valence-electron chi connectivity index (χ0n) is 73.7. The van der Waals surface area contributed by atoms with Crippen LogP contribution in [0.5, 0.6) is 18.0 Å². The van der Waals surface area contributed by atoms with Gasteiger partial charge in [0.1, 0.15) is 61.2 Å². The van der Waals surface area contributed by atoms with Gasteiger partial charge in [-0.1, -0.05) is 92.5 Å². The first-order chi connectivity index (χ1) is 60.9. The van der Waals surface area contributed by atoms with Crippen LogP contribution in [0.4, 0.5) is 38.9 Å². The molecule has 28 nitrogen and oxygen atoms in total. The molecule has 13 heterocycles. The highest BCUT2D eigenvalue weighted by Crippen LogP contribution is 2.40. The van der Waals surface area contributed by atoms with Crippen molar-refractivity contribution in [3.05, 3.63) is 227 Å². The van der Waals surface area contributed by atoms with Crippen LogP contribution in [-0.4, -0.2) is 277 Å². The molecule has 9 aromatic rings. The van der Waals surface area contributed by atoms with Gasteiger partial charge in [0, 0.05) is 158 Å². The molecule has 128 heavy (non-hydrogen) atoms. The first-order valence-electron chi connectivity index (χ1n) is 43.9. The van der Waals surface area contributed by atoms with E-state index < -0.39 is 0 Å². The van der Waals surface area contributed by atoms with Crippen LogP contribution < -0.4 is 43.6 Å². The highest BCUT2D eigenvalue weighted by Gasteiger charge is 2.41. The molecule has 9 aliphatic rings. The number of anilines is 6. The molecule has 0 saturated carbocycles. The molecule has 6 fully saturated rings. The third-order valence-electron chi connectivity index (χ3n) is 26.3. The van der Waals surface area contributed by atoms with Gasteiger partial charge in [0.15, 0.2) is 0 Å². The number of benzene rings is 5. The number of ether oxygens (including phenoxy) is 3. The van der Waals surface area contributed by atoms with Crippen LogP contribution in [0, 0.1) is 25.5 Å². The quantitative estimate of drug-likeness (QED) is 0.0482.